The van der Waals surface area contributed by atoms with E-state index in [1.165, 1.54) is 11.3 Å². The van der Waals surface area contributed by atoms with Crippen molar-refractivity contribution in [2.75, 3.05) is 17.3 Å². The van der Waals surface area contributed by atoms with Crippen LogP contribution in [0.1, 0.15) is 28.8 Å². The highest BCUT2D eigenvalue weighted by molar-refractivity contribution is 7.13. The second-order valence-electron chi connectivity index (χ2n) is 4.36. The van der Waals surface area contributed by atoms with Crippen LogP contribution in [0.5, 0.6) is 0 Å². The van der Waals surface area contributed by atoms with Gasteiger partial charge < -0.3 is 4.90 Å². The van der Waals surface area contributed by atoms with Crippen LogP contribution in [-0.4, -0.2) is 28.2 Å². The molecule has 2 aromatic heterocycles. The third kappa shape index (κ3) is 3.55. The van der Waals surface area contributed by atoms with Crippen molar-refractivity contribution in [3.63, 3.8) is 0 Å². The lowest BCUT2D eigenvalue weighted by atomic mass is 10.3. The number of carbonyl (C=O) groups is 1. The van der Waals surface area contributed by atoms with E-state index in [-0.39, 0.29) is 11.7 Å². The van der Waals surface area contributed by atoms with E-state index in [1.807, 2.05) is 25.1 Å². The Morgan fingerprint density at radius 2 is 2.20 bits per heavy atom. The van der Waals surface area contributed by atoms with Crippen LogP contribution in [0.3, 0.4) is 0 Å². The fourth-order valence-electron chi connectivity index (χ4n) is 1.80. The van der Waals surface area contributed by atoms with Crippen molar-refractivity contribution in [3.05, 3.63) is 40.7 Å². The van der Waals surface area contributed by atoms with Gasteiger partial charge in [-0.1, -0.05) is 6.07 Å². The number of carbonyl (C=O) groups excluding carboxylic acids is 1. The first-order valence-corrected chi connectivity index (χ1v) is 7.77. The van der Waals surface area contributed by atoms with Gasteiger partial charge in [-0.3, -0.25) is 9.78 Å². The number of halogens is 1. The van der Waals surface area contributed by atoms with Crippen molar-refractivity contribution < 1.29 is 4.79 Å². The summed E-state index contributed by atoms with van der Waals surface area (Å²) in [5.74, 6) is -0.173. The first kappa shape index (κ1) is 14.9. The summed E-state index contributed by atoms with van der Waals surface area (Å²) < 4.78 is 0. The predicted molar refractivity (Wildman–Crippen MR) is 82.9 cm³/mol. The SMILES string of the molecule is CCN(Cc1cccc(C)n1)c1nc(C(=O)CCl)cs1. The highest BCUT2D eigenvalue weighted by Gasteiger charge is 2.14. The molecule has 0 fully saturated rings. The van der Waals surface area contributed by atoms with E-state index in [0.717, 1.165) is 23.1 Å². The topological polar surface area (TPSA) is 46.1 Å². The third-order valence-corrected chi connectivity index (χ3v) is 3.99. The Hall–Kier alpha value is -1.46. The number of thiazole rings is 1. The molecule has 2 aromatic rings. The van der Waals surface area contributed by atoms with E-state index < -0.39 is 0 Å². The largest absolute Gasteiger partial charge is 0.342 e. The Kier molecular flexibility index (Phi) is 5.09. The van der Waals surface area contributed by atoms with Crippen LogP contribution < -0.4 is 4.90 Å². The van der Waals surface area contributed by atoms with Gasteiger partial charge in [-0.25, -0.2) is 4.98 Å². The molecule has 0 atom stereocenters. The molecule has 0 aliphatic rings. The lowest BCUT2D eigenvalue weighted by Gasteiger charge is -2.19. The standard InChI is InChI=1S/C14H16ClN3OS/c1-3-18(8-11-6-4-5-10(2)16-11)14-17-12(9-20-14)13(19)7-15/h4-6,9H,3,7-8H2,1-2H3. The van der Waals surface area contributed by atoms with Crippen molar-refractivity contribution in [1.29, 1.82) is 0 Å². The summed E-state index contributed by atoms with van der Waals surface area (Å²) in [5, 5.41) is 2.58. The lowest BCUT2D eigenvalue weighted by molar-refractivity contribution is 0.101. The van der Waals surface area contributed by atoms with Gasteiger partial charge in [-0.2, -0.15) is 0 Å². The van der Waals surface area contributed by atoms with Crippen LogP contribution in [0.25, 0.3) is 0 Å². The molecule has 106 valence electrons. The van der Waals surface area contributed by atoms with Gasteiger partial charge >= 0.3 is 0 Å². The smallest absolute Gasteiger partial charge is 0.196 e. The number of Topliss-reactive ketones (excluding diaryl/α,β-unsaturated/α-hetero) is 1. The van der Waals surface area contributed by atoms with Gasteiger partial charge in [0.25, 0.3) is 0 Å². The van der Waals surface area contributed by atoms with Crippen LogP contribution in [0.2, 0.25) is 0 Å². The summed E-state index contributed by atoms with van der Waals surface area (Å²) in [6.45, 7) is 5.51. The average Bonchev–Trinajstić information content (AvgIpc) is 2.93. The van der Waals surface area contributed by atoms with E-state index in [1.54, 1.807) is 5.38 Å². The van der Waals surface area contributed by atoms with Crippen LogP contribution >= 0.6 is 22.9 Å². The average molecular weight is 310 g/mol. The molecule has 0 saturated carbocycles. The van der Waals surface area contributed by atoms with Crippen molar-refractivity contribution in [2.24, 2.45) is 0 Å². The molecule has 0 aliphatic carbocycles. The maximum absolute atomic E-state index is 11.5. The Morgan fingerprint density at radius 1 is 1.40 bits per heavy atom. The second-order valence-corrected chi connectivity index (χ2v) is 5.46. The molecule has 6 heteroatoms. The van der Waals surface area contributed by atoms with Gasteiger partial charge in [0.15, 0.2) is 10.9 Å². The van der Waals surface area contributed by atoms with E-state index in [0.29, 0.717) is 12.2 Å². The lowest BCUT2D eigenvalue weighted by Crippen LogP contribution is -2.22. The molecule has 0 aromatic carbocycles. The molecule has 4 nitrogen and oxygen atoms in total. The van der Waals surface area contributed by atoms with Crippen molar-refractivity contribution in [2.45, 2.75) is 20.4 Å². The minimum Gasteiger partial charge on any atom is -0.342 e. The molecule has 0 unspecified atom stereocenters. The summed E-state index contributed by atoms with van der Waals surface area (Å²) in [4.78, 5) is 22.5. The van der Waals surface area contributed by atoms with E-state index in [4.69, 9.17) is 11.6 Å². The molecule has 2 heterocycles. The van der Waals surface area contributed by atoms with Crippen LogP contribution in [0.15, 0.2) is 23.6 Å². The Labute approximate surface area is 127 Å². The second kappa shape index (κ2) is 6.81. The number of hydrogen-bond donors (Lipinski definition) is 0. The summed E-state index contributed by atoms with van der Waals surface area (Å²) in [6.07, 6.45) is 0. The zero-order valence-corrected chi connectivity index (χ0v) is 13.0. The molecule has 0 N–H and O–H groups in total. The molecule has 20 heavy (non-hydrogen) atoms. The molecule has 0 amide bonds. The number of rotatable bonds is 6. The highest BCUT2D eigenvalue weighted by atomic mass is 35.5. The van der Waals surface area contributed by atoms with E-state index in [9.17, 15) is 4.79 Å². The monoisotopic (exact) mass is 309 g/mol. The number of hydrogen-bond acceptors (Lipinski definition) is 5. The van der Waals surface area contributed by atoms with Crippen LogP contribution in [0.4, 0.5) is 5.13 Å². The molecule has 0 bridgehead atoms. The molecule has 0 aliphatic heterocycles. The molecular weight excluding hydrogens is 294 g/mol. The van der Waals surface area contributed by atoms with Crippen molar-refractivity contribution >= 4 is 33.9 Å². The van der Waals surface area contributed by atoms with Crippen LogP contribution in [-0.2, 0) is 6.54 Å². The first-order chi connectivity index (χ1) is 9.63. The number of aryl methyl sites for hydroxylation is 1. The maximum Gasteiger partial charge on any atom is 0.196 e. The fraction of sp³-hybridized carbons (Fsp3) is 0.357. The number of ketones is 1. The van der Waals surface area contributed by atoms with Gasteiger partial charge in [0.05, 0.1) is 18.1 Å². The summed E-state index contributed by atoms with van der Waals surface area (Å²) in [5.41, 5.74) is 2.43. The maximum atomic E-state index is 11.5. The third-order valence-electron chi connectivity index (χ3n) is 2.85. The van der Waals surface area contributed by atoms with Gasteiger partial charge in [0.1, 0.15) is 5.69 Å². The predicted octanol–water partition coefficient (Wildman–Crippen LogP) is 3.29. The minimum atomic E-state index is -0.140. The molecule has 0 spiro atoms. The van der Waals surface area contributed by atoms with Gasteiger partial charge in [-0.15, -0.1) is 22.9 Å². The number of nitrogens with zero attached hydrogens (tertiary/aromatic N) is 3. The Bertz CT molecular complexity index is 600. The normalized spacial score (nSPS) is 10.6. The van der Waals surface area contributed by atoms with Crippen molar-refractivity contribution in [3.8, 4) is 0 Å². The zero-order chi connectivity index (χ0) is 14.5. The molecule has 0 radical (unpaired) electrons. The number of aromatic nitrogens is 2. The zero-order valence-electron chi connectivity index (χ0n) is 11.5. The summed E-state index contributed by atoms with van der Waals surface area (Å²) >= 11 is 7.00. The number of anilines is 1. The number of alkyl halides is 1. The minimum absolute atomic E-state index is 0.0330. The Balaban J connectivity index is 2.16. The van der Waals surface area contributed by atoms with E-state index in [2.05, 4.69) is 21.8 Å². The Morgan fingerprint density at radius 3 is 2.85 bits per heavy atom. The van der Waals surface area contributed by atoms with Crippen LogP contribution in [0, 0.1) is 6.92 Å². The molecule has 2 rings (SSSR count). The summed E-state index contributed by atoms with van der Waals surface area (Å²) in [6, 6.07) is 5.96. The molecular formula is C14H16ClN3OS. The van der Waals surface area contributed by atoms with E-state index >= 15 is 0 Å². The van der Waals surface area contributed by atoms with Gasteiger partial charge in [0, 0.05) is 17.6 Å². The summed E-state index contributed by atoms with van der Waals surface area (Å²) in [7, 11) is 0. The van der Waals surface area contributed by atoms with Crippen molar-refractivity contribution in [1.82, 2.24) is 9.97 Å². The van der Waals surface area contributed by atoms with Gasteiger partial charge in [-0.05, 0) is 26.0 Å². The highest BCUT2D eigenvalue weighted by Crippen LogP contribution is 2.22. The quantitative estimate of drug-likeness (QED) is 0.607. The van der Waals surface area contributed by atoms with Gasteiger partial charge in [0.2, 0.25) is 0 Å². The fourth-order valence-corrected chi connectivity index (χ4v) is 2.84. The first-order valence-electron chi connectivity index (χ1n) is 6.36. The molecule has 0 saturated heterocycles. The number of pyridine rings is 1.